The highest BCUT2D eigenvalue weighted by Gasteiger charge is 2.23. The zero-order valence-corrected chi connectivity index (χ0v) is 19.0. The number of aryl methyl sites for hydroxylation is 2. The number of carbonyl (C=O) groups is 2. The molecule has 33 heavy (non-hydrogen) atoms. The van der Waals surface area contributed by atoms with E-state index in [0.29, 0.717) is 5.69 Å². The minimum Gasteiger partial charge on any atom is -0.461 e. The second-order valence-corrected chi connectivity index (χ2v) is 8.25. The fourth-order valence-electron chi connectivity index (χ4n) is 3.30. The van der Waals surface area contributed by atoms with Crippen molar-refractivity contribution >= 4 is 39.0 Å². The number of nitrogens with zero attached hydrogens (tertiary/aromatic N) is 2. The van der Waals surface area contributed by atoms with Crippen LogP contribution in [0, 0.1) is 19.7 Å². The Morgan fingerprint density at radius 2 is 1.85 bits per heavy atom. The van der Waals surface area contributed by atoms with Crippen molar-refractivity contribution in [3.8, 4) is 5.69 Å². The highest BCUT2D eigenvalue weighted by atomic mass is 32.1. The Hall–Kier alpha value is -3.85. The average molecular weight is 466 g/mol. The summed E-state index contributed by atoms with van der Waals surface area (Å²) >= 11 is 1.10. The van der Waals surface area contributed by atoms with Crippen molar-refractivity contribution in [3.05, 3.63) is 86.4 Å². The topological polar surface area (TPSA) is 90.3 Å². The first kappa shape index (κ1) is 22.3. The number of thiophene rings is 1. The van der Waals surface area contributed by atoms with Gasteiger partial charge in [0, 0.05) is 16.3 Å². The number of rotatable bonds is 5. The summed E-state index contributed by atoms with van der Waals surface area (Å²) in [5.74, 6) is -1.64. The van der Waals surface area contributed by atoms with E-state index in [1.54, 1.807) is 24.4 Å². The lowest BCUT2D eigenvalue weighted by molar-refractivity contribution is 0.0520. The SMILES string of the molecule is CCOC(=O)c1nn(-c2ccc(C)c(C)c2)c(=O)c2c(NC(=O)c3ccc(F)cc3)scc12. The summed E-state index contributed by atoms with van der Waals surface area (Å²) < 4.78 is 19.5. The van der Waals surface area contributed by atoms with E-state index in [2.05, 4.69) is 10.4 Å². The number of nitrogens with one attached hydrogen (secondary N) is 1. The van der Waals surface area contributed by atoms with Crippen molar-refractivity contribution in [2.45, 2.75) is 20.8 Å². The summed E-state index contributed by atoms with van der Waals surface area (Å²) in [7, 11) is 0. The molecule has 0 atom stereocenters. The van der Waals surface area contributed by atoms with Gasteiger partial charge in [-0.05, 0) is 68.3 Å². The Morgan fingerprint density at radius 1 is 1.12 bits per heavy atom. The Labute approximate surface area is 192 Å². The maximum atomic E-state index is 13.5. The first-order valence-corrected chi connectivity index (χ1v) is 11.0. The molecule has 0 aliphatic carbocycles. The number of hydrogen-bond donors (Lipinski definition) is 1. The molecule has 0 fully saturated rings. The quantitative estimate of drug-likeness (QED) is 0.434. The van der Waals surface area contributed by atoms with Gasteiger partial charge in [0.2, 0.25) is 0 Å². The minimum atomic E-state index is -0.672. The zero-order valence-electron chi connectivity index (χ0n) is 18.1. The van der Waals surface area contributed by atoms with Crippen LogP contribution in [-0.4, -0.2) is 28.3 Å². The summed E-state index contributed by atoms with van der Waals surface area (Å²) in [5.41, 5.74) is 2.19. The molecule has 0 aliphatic heterocycles. The van der Waals surface area contributed by atoms with Crippen LogP contribution in [-0.2, 0) is 4.74 Å². The molecule has 0 unspecified atom stereocenters. The molecule has 0 aliphatic rings. The number of aromatic nitrogens is 2. The molecular weight excluding hydrogens is 445 g/mol. The summed E-state index contributed by atoms with van der Waals surface area (Å²) in [6, 6.07) is 10.4. The second kappa shape index (κ2) is 8.95. The molecule has 168 valence electrons. The van der Waals surface area contributed by atoms with Crippen LogP contribution in [0.25, 0.3) is 16.5 Å². The molecular formula is C24H20FN3O4S. The van der Waals surface area contributed by atoms with E-state index in [9.17, 15) is 18.8 Å². The highest BCUT2D eigenvalue weighted by molar-refractivity contribution is 7.16. The van der Waals surface area contributed by atoms with Crippen LogP contribution in [0.1, 0.15) is 38.9 Å². The van der Waals surface area contributed by atoms with Gasteiger partial charge in [0.25, 0.3) is 11.5 Å². The zero-order chi connectivity index (χ0) is 23.7. The molecule has 2 heterocycles. The number of amides is 1. The third kappa shape index (κ3) is 4.27. The predicted molar refractivity (Wildman–Crippen MR) is 125 cm³/mol. The molecule has 0 bridgehead atoms. The van der Waals surface area contributed by atoms with Gasteiger partial charge in [0.05, 0.1) is 17.7 Å². The third-order valence-electron chi connectivity index (χ3n) is 5.19. The van der Waals surface area contributed by atoms with Crippen LogP contribution in [0.15, 0.2) is 52.6 Å². The van der Waals surface area contributed by atoms with Crippen LogP contribution in [0.2, 0.25) is 0 Å². The van der Waals surface area contributed by atoms with Crippen LogP contribution >= 0.6 is 11.3 Å². The minimum absolute atomic E-state index is 0.0248. The van der Waals surface area contributed by atoms with Crippen molar-refractivity contribution in [2.24, 2.45) is 0 Å². The predicted octanol–water partition coefficient (Wildman–Crippen LogP) is 4.63. The van der Waals surface area contributed by atoms with E-state index in [4.69, 9.17) is 4.74 Å². The monoisotopic (exact) mass is 465 g/mol. The largest absolute Gasteiger partial charge is 0.461 e. The van der Waals surface area contributed by atoms with Gasteiger partial charge in [-0.1, -0.05) is 6.07 Å². The number of fused-ring (bicyclic) bond motifs is 1. The molecule has 0 saturated carbocycles. The van der Waals surface area contributed by atoms with Gasteiger partial charge < -0.3 is 10.1 Å². The Balaban J connectivity index is 1.89. The van der Waals surface area contributed by atoms with Gasteiger partial charge >= 0.3 is 5.97 Å². The maximum Gasteiger partial charge on any atom is 0.359 e. The Morgan fingerprint density at radius 3 is 2.52 bits per heavy atom. The summed E-state index contributed by atoms with van der Waals surface area (Å²) in [6.45, 7) is 5.68. The molecule has 4 aromatic rings. The molecule has 4 rings (SSSR count). The molecule has 1 amide bonds. The number of ether oxygens (including phenoxy) is 1. The first-order chi connectivity index (χ1) is 15.8. The van der Waals surface area contributed by atoms with E-state index in [-0.39, 0.29) is 33.6 Å². The van der Waals surface area contributed by atoms with E-state index in [0.717, 1.165) is 27.1 Å². The fraction of sp³-hybridized carbons (Fsp3) is 0.167. The van der Waals surface area contributed by atoms with Crippen molar-refractivity contribution in [2.75, 3.05) is 11.9 Å². The number of hydrogen-bond acceptors (Lipinski definition) is 6. The van der Waals surface area contributed by atoms with Crippen LogP contribution in [0.5, 0.6) is 0 Å². The number of esters is 1. The number of halogens is 1. The molecule has 2 aromatic heterocycles. The standard InChI is InChI=1S/C24H20FN3O4S/c1-4-32-24(31)20-18-12-33-22(26-21(29)15-6-8-16(25)9-7-15)19(18)23(30)28(27-20)17-10-5-13(2)14(3)11-17/h5-12H,4H2,1-3H3,(H,26,29). The molecule has 0 radical (unpaired) electrons. The number of benzene rings is 2. The van der Waals surface area contributed by atoms with Crippen molar-refractivity contribution in [3.63, 3.8) is 0 Å². The third-order valence-corrected chi connectivity index (χ3v) is 6.09. The average Bonchev–Trinajstić information content (AvgIpc) is 3.20. The summed E-state index contributed by atoms with van der Waals surface area (Å²) in [5, 5.41) is 9.28. The van der Waals surface area contributed by atoms with Crippen molar-refractivity contribution in [1.29, 1.82) is 0 Å². The first-order valence-electron chi connectivity index (χ1n) is 10.2. The number of anilines is 1. The Kier molecular flexibility index (Phi) is 6.06. The Bertz CT molecular complexity index is 1440. The van der Waals surface area contributed by atoms with Gasteiger partial charge in [-0.2, -0.15) is 9.78 Å². The molecule has 0 spiro atoms. The van der Waals surface area contributed by atoms with E-state index < -0.39 is 23.3 Å². The van der Waals surface area contributed by atoms with E-state index >= 15 is 0 Å². The van der Waals surface area contributed by atoms with Crippen LogP contribution in [0.3, 0.4) is 0 Å². The normalized spacial score (nSPS) is 10.9. The number of carbonyl (C=O) groups excluding carboxylic acids is 2. The molecule has 7 nitrogen and oxygen atoms in total. The van der Waals surface area contributed by atoms with Gasteiger partial charge in [-0.25, -0.2) is 9.18 Å². The van der Waals surface area contributed by atoms with Gasteiger partial charge in [-0.3, -0.25) is 9.59 Å². The van der Waals surface area contributed by atoms with Crippen molar-refractivity contribution in [1.82, 2.24) is 9.78 Å². The summed E-state index contributed by atoms with van der Waals surface area (Å²) in [6.07, 6.45) is 0. The molecule has 9 heteroatoms. The van der Waals surface area contributed by atoms with E-state index in [1.807, 2.05) is 19.9 Å². The van der Waals surface area contributed by atoms with Gasteiger partial charge in [0.1, 0.15) is 10.8 Å². The maximum absolute atomic E-state index is 13.5. The molecule has 1 N–H and O–H groups in total. The lowest BCUT2D eigenvalue weighted by atomic mass is 10.1. The lowest BCUT2D eigenvalue weighted by Gasteiger charge is -2.11. The fourth-order valence-corrected chi connectivity index (χ4v) is 4.23. The van der Waals surface area contributed by atoms with Gasteiger partial charge in [-0.15, -0.1) is 11.3 Å². The molecule has 2 aromatic carbocycles. The van der Waals surface area contributed by atoms with Gasteiger partial charge in [0.15, 0.2) is 5.69 Å². The smallest absolute Gasteiger partial charge is 0.359 e. The van der Waals surface area contributed by atoms with Crippen LogP contribution in [0.4, 0.5) is 9.39 Å². The summed E-state index contributed by atoms with van der Waals surface area (Å²) in [4.78, 5) is 38.8. The second-order valence-electron chi connectivity index (χ2n) is 7.37. The lowest BCUT2D eigenvalue weighted by Crippen LogP contribution is -2.25. The highest BCUT2D eigenvalue weighted by Crippen LogP contribution is 2.31. The van der Waals surface area contributed by atoms with E-state index in [1.165, 1.54) is 24.3 Å². The van der Waals surface area contributed by atoms with Crippen LogP contribution < -0.4 is 10.9 Å². The molecule has 0 saturated heterocycles. The van der Waals surface area contributed by atoms with Crippen molar-refractivity contribution < 1.29 is 18.7 Å².